The molecule has 0 heterocycles. The molecular weight excluding hydrogens is 381 g/mol. The van der Waals surface area contributed by atoms with Gasteiger partial charge in [0.15, 0.2) is 0 Å². The lowest BCUT2D eigenvalue weighted by Crippen LogP contribution is -2.46. The van der Waals surface area contributed by atoms with Gasteiger partial charge in [0.05, 0.1) is 11.7 Å². The Morgan fingerprint density at radius 1 is 1.07 bits per heavy atom. The van der Waals surface area contributed by atoms with Crippen molar-refractivity contribution in [3.63, 3.8) is 0 Å². The van der Waals surface area contributed by atoms with Crippen molar-refractivity contribution in [3.05, 3.63) is 65.0 Å². The minimum atomic E-state index is -3.93. The fraction of sp³-hybridized carbons (Fsp3) is 0.350. The Bertz CT molecular complexity index is 944. The molecule has 0 aromatic heterocycles. The number of hydrogen-bond acceptors (Lipinski definition) is 3. The number of hydrogen-bond donors (Lipinski definition) is 1. The smallest absolute Gasteiger partial charge is 0.304 e. The highest BCUT2D eigenvalue weighted by Crippen LogP contribution is 2.21. The van der Waals surface area contributed by atoms with Crippen LogP contribution in [0, 0.1) is 19.7 Å². The molecule has 0 radical (unpaired) electrons. The zero-order chi connectivity index (χ0) is 21.1. The molecule has 1 amide bonds. The summed E-state index contributed by atoms with van der Waals surface area (Å²) >= 11 is 0. The SMILES string of the molecule is Cc1ccc([C@@H](C)NC(=O)CN(c2ccc(F)cc2)S(=O)(=O)N(C)C)cc1C. The van der Waals surface area contributed by atoms with E-state index in [1.54, 1.807) is 0 Å². The summed E-state index contributed by atoms with van der Waals surface area (Å²) in [6, 6.07) is 10.6. The van der Waals surface area contributed by atoms with Crippen molar-refractivity contribution in [2.24, 2.45) is 0 Å². The number of rotatable bonds is 7. The zero-order valence-corrected chi connectivity index (χ0v) is 17.5. The van der Waals surface area contributed by atoms with E-state index in [4.69, 9.17) is 0 Å². The Morgan fingerprint density at radius 2 is 1.68 bits per heavy atom. The van der Waals surface area contributed by atoms with Gasteiger partial charge >= 0.3 is 10.2 Å². The Kier molecular flexibility index (Phi) is 6.79. The quantitative estimate of drug-likeness (QED) is 0.767. The average molecular weight is 408 g/mol. The van der Waals surface area contributed by atoms with Gasteiger partial charge in [-0.2, -0.15) is 12.7 Å². The van der Waals surface area contributed by atoms with Gasteiger partial charge in [-0.15, -0.1) is 0 Å². The fourth-order valence-corrected chi connectivity index (χ4v) is 3.71. The summed E-state index contributed by atoms with van der Waals surface area (Å²) in [4.78, 5) is 12.6. The summed E-state index contributed by atoms with van der Waals surface area (Å²) in [5.41, 5.74) is 3.41. The molecule has 0 saturated heterocycles. The van der Waals surface area contributed by atoms with Crippen molar-refractivity contribution in [2.45, 2.75) is 26.8 Å². The third-order valence-electron chi connectivity index (χ3n) is 4.55. The Morgan fingerprint density at radius 3 is 2.21 bits per heavy atom. The summed E-state index contributed by atoms with van der Waals surface area (Å²) < 4.78 is 40.5. The first-order valence-corrected chi connectivity index (χ1v) is 10.2. The molecule has 0 aliphatic heterocycles. The maximum Gasteiger partial charge on any atom is 0.304 e. The third-order valence-corrected chi connectivity index (χ3v) is 6.37. The van der Waals surface area contributed by atoms with Crippen LogP contribution in [0.15, 0.2) is 42.5 Å². The molecule has 0 aliphatic rings. The molecule has 8 heteroatoms. The highest BCUT2D eigenvalue weighted by atomic mass is 32.2. The molecule has 1 N–H and O–H groups in total. The Balaban J connectivity index is 2.22. The number of benzene rings is 2. The van der Waals surface area contributed by atoms with Gasteiger partial charge in [0.2, 0.25) is 5.91 Å². The van der Waals surface area contributed by atoms with E-state index >= 15 is 0 Å². The summed E-state index contributed by atoms with van der Waals surface area (Å²) in [6.45, 7) is 5.42. The van der Waals surface area contributed by atoms with E-state index < -0.39 is 28.5 Å². The van der Waals surface area contributed by atoms with E-state index in [1.165, 1.54) is 26.2 Å². The predicted molar refractivity (Wildman–Crippen MR) is 109 cm³/mol. The van der Waals surface area contributed by atoms with Crippen molar-refractivity contribution in [1.82, 2.24) is 9.62 Å². The van der Waals surface area contributed by atoms with Gasteiger partial charge in [-0.3, -0.25) is 4.79 Å². The lowest BCUT2D eigenvalue weighted by molar-refractivity contribution is -0.120. The van der Waals surface area contributed by atoms with Gasteiger partial charge in [0.1, 0.15) is 12.4 Å². The monoisotopic (exact) mass is 407 g/mol. The third kappa shape index (κ3) is 5.08. The lowest BCUT2D eigenvalue weighted by Gasteiger charge is -2.27. The molecule has 6 nitrogen and oxygen atoms in total. The van der Waals surface area contributed by atoms with Crippen LogP contribution in [0.2, 0.25) is 0 Å². The van der Waals surface area contributed by atoms with E-state index in [0.29, 0.717) is 0 Å². The van der Waals surface area contributed by atoms with E-state index in [-0.39, 0.29) is 11.7 Å². The number of nitrogens with zero attached hydrogens (tertiary/aromatic N) is 2. The highest BCUT2D eigenvalue weighted by molar-refractivity contribution is 7.90. The maximum atomic E-state index is 13.2. The van der Waals surface area contributed by atoms with Crippen LogP contribution in [0.25, 0.3) is 0 Å². The van der Waals surface area contributed by atoms with Crippen LogP contribution >= 0.6 is 0 Å². The molecule has 0 saturated carbocycles. The molecule has 2 rings (SSSR count). The molecule has 0 aliphatic carbocycles. The topological polar surface area (TPSA) is 69.7 Å². The number of anilines is 1. The summed E-state index contributed by atoms with van der Waals surface area (Å²) in [5, 5.41) is 2.83. The van der Waals surface area contributed by atoms with Crippen LogP contribution in [0.3, 0.4) is 0 Å². The number of carbonyl (C=O) groups excluding carboxylic acids is 1. The van der Waals surface area contributed by atoms with E-state index in [1.807, 2.05) is 39.0 Å². The van der Waals surface area contributed by atoms with Gasteiger partial charge in [0.25, 0.3) is 0 Å². The first-order valence-electron chi connectivity index (χ1n) is 8.84. The predicted octanol–water partition coefficient (Wildman–Crippen LogP) is 2.93. The van der Waals surface area contributed by atoms with Crippen LogP contribution in [0.1, 0.15) is 29.7 Å². The molecule has 2 aromatic rings. The normalized spacial score (nSPS) is 12.7. The first kappa shape index (κ1) is 21.8. The van der Waals surface area contributed by atoms with E-state index in [9.17, 15) is 17.6 Å². The second kappa shape index (κ2) is 8.70. The molecule has 1 atom stereocenters. The minimum absolute atomic E-state index is 0.212. The van der Waals surface area contributed by atoms with Crippen LogP contribution in [0.5, 0.6) is 0 Å². The Hall–Kier alpha value is -2.45. The first-order chi connectivity index (χ1) is 13.0. The van der Waals surface area contributed by atoms with Crippen molar-refractivity contribution < 1.29 is 17.6 Å². The highest BCUT2D eigenvalue weighted by Gasteiger charge is 2.27. The number of nitrogens with one attached hydrogen (secondary N) is 1. The number of halogens is 1. The molecule has 2 aromatic carbocycles. The van der Waals surface area contributed by atoms with Gasteiger partial charge in [-0.25, -0.2) is 8.70 Å². The molecular formula is C20H26FN3O3S. The van der Waals surface area contributed by atoms with Crippen molar-refractivity contribution in [3.8, 4) is 0 Å². The van der Waals surface area contributed by atoms with Crippen LogP contribution in [0.4, 0.5) is 10.1 Å². The van der Waals surface area contributed by atoms with Crippen molar-refractivity contribution >= 4 is 21.8 Å². The van der Waals surface area contributed by atoms with Crippen LogP contribution < -0.4 is 9.62 Å². The standard InChI is InChI=1S/C20H26FN3O3S/c1-14-6-7-17(12-15(14)2)16(3)22-20(25)13-24(28(26,27)23(4)5)19-10-8-18(21)9-11-19/h6-12,16H,13H2,1-5H3,(H,22,25)/t16-/m1/s1. The van der Waals surface area contributed by atoms with Gasteiger partial charge in [-0.05, 0) is 61.7 Å². The number of amides is 1. The molecule has 0 unspecified atom stereocenters. The summed E-state index contributed by atoms with van der Waals surface area (Å²) in [5.74, 6) is -0.945. The number of aryl methyl sites for hydroxylation is 2. The molecule has 0 fully saturated rings. The lowest BCUT2D eigenvalue weighted by atomic mass is 10.0. The minimum Gasteiger partial charge on any atom is -0.348 e. The Labute approximate surface area is 166 Å². The molecule has 28 heavy (non-hydrogen) atoms. The van der Waals surface area contributed by atoms with E-state index in [0.717, 1.165) is 37.4 Å². The maximum absolute atomic E-state index is 13.2. The average Bonchev–Trinajstić information content (AvgIpc) is 2.62. The zero-order valence-electron chi connectivity index (χ0n) is 16.7. The van der Waals surface area contributed by atoms with Gasteiger partial charge in [-0.1, -0.05) is 18.2 Å². The molecule has 0 spiro atoms. The van der Waals surface area contributed by atoms with Crippen molar-refractivity contribution in [1.29, 1.82) is 0 Å². The largest absolute Gasteiger partial charge is 0.348 e. The molecule has 0 bridgehead atoms. The summed E-state index contributed by atoms with van der Waals surface area (Å²) in [6.07, 6.45) is 0. The summed E-state index contributed by atoms with van der Waals surface area (Å²) in [7, 11) is -1.18. The number of carbonyl (C=O) groups is 1. The van der Waals surface area contributed by atoms with Gasteiger partial charge < -0.3 is 5.32 Å². The fourth-order valence-electron chi connectivity index (χ4n) is 2.65. The van der Waals surface area contributed by atoms with Crippen LogP contribution in [-0.2, 0) is 15.0 Å². The van der Waals surface area contributed by atoms with Crippen LogP contribution in [-0.4, -0.2) is 39.3 Å². The van der Waals surface area contributed by atoms with Crippen molar-refractivity contribution in [2.75, 3.05) is 24.9 Å². The second-order valence-corrected chi connectivity index (χ2v) is 8.97. The van der Waals surface area contributed by atoms with Gasteiger partial charge in [0, 0.05) is 14.1 Å². The van der Waals surface area contributed by atoms with E-state index in [2.05, 4.69) is 5.32 Å². The second-order valence-electron chi connectivity index (χ2n) is 6.91. The molecule has 152 valence electrons.